The molecule has 0 fully saturated rings. The van der Waals surface area contributed by atoms with E-state index in [2.05, 4.69) is 242 Å². The molecule has 1 aliphatic carbocycles. The van der Waals surface area contributed by atoms with E-state index in [9.17, 15) is 0 Å². The molecule has 2 heteroatoms. The van der Waals surface area contributed by atoms with Crippen molar-refractivity contribution in [3.05, 3.63) is 247 Å². The van der Waals surface area contributed by atoms with Crippen molar-refractivity contribution in [3.63, 3.8) is 0 Å². The summed E-state index contributed by atoms with van der Waals surface area (Å²) in [6, 6.07) is 85.0. The fraction of sp³-hybridized carbons (Fsp3) is 0.0333. The third-order valence-corrected chi connectivity index (χ3v) is 14.3. The zero-order chi connectivity index (χ0) is 41.2. The lowest BCUT2D eigenvalue weighted by Crippen LogP contribution is -2.22. The zero-order valence-electron chi connectivity index (χ0n) is 34.3. The Balaban J connectivity index is 0.944. The van der Waals surface area contributed by atoms with Gasteiger partial charge >= 0.3 is 0 Å². The summed E-state index contributed by atoms with van der Waals surface area (Å²) < 4.78 is 2.65. The first-order chi connectivity index (χ1) is 30.6. The van der Waals surface area contributed by atoms with Crippen molar-refractivity contribution >= 4 is 59.3 Å². The monoisotopic (exact) mass is 807 g/mol. The maximum atomic E-state index is 2.43. The first kappa shape index (κ1) is 36.3. The third kappa shape index (κ3) is 5.90. The Morgan fingerprint density at radius 2 is 0.919 bits per heavy atom. The highest BCUT2D eigenvalue weighted by molar-refractivity contribution is 7.25. The van der Waals surface area contributed by atoms with E-state index in [4.69, 9.17) is 0 Å². The number of fused-ring (bicyclic) bond motifs is 7. The maximum absolute atomic E-state index is 2.43. The van der Waals surface area contributed by atoms with Crippen molar-refractivity contribution in [1.29, 1.82) is 0 Å². The molecule has 12 rings (SSSR count). The SMILES string of the molecule is CC1(c2ccccc2)c2ccccc2-c2ccc(-c3ccc(N(c4ccc(-c5ccc6c(c5)sc5ccccc56)cc4)c4cccc(-c5cccc6ccccc56)c4)cc3)cc21. The molecule has 0 radical (unpaired) electrons. The highest BCUT2D eigenvalue weighted by Gasteiger charge is 2.40. The van der Waals surface area contributed by atoms with Gasteiger partial charge in [-0.05, 0) is 133 Å². The lowest BCUT2D eigenvalue weighted by atomic mass is 9.74. The number of rotatable bonds is 7. The topological polar surface area (TPSA) is 3.24 Å². The Hall–Kier alpha value is -7.52. The van der Waals surface area contributed by atoms with Crippen molar-refractivity contribution in [2.75, 3.05) is 4.90 Å². The van der Waals surface area contributed by atoms with E-state index < -0.39 is 0 Å². The molecule has 0 bridgehead atoms. The molecule has 0 N–H and O–H groups in total. The molecular formula is C60H41NS. The van der Waals surface area contributed by atoms with Gasteiger partial charge in [0.2, 0.25) is 0 Å². The fourth-order valence-corrected chi connectivity index (χ4v) is 11.1. The third-order valence-electron chi connectivity index (χ3n) is 13.2. The largest absolute Gasteiger partial charge is 0.310 e. The van der Waals surface area contributed by atoms with Crippen molar-refractivity contribution in [3.8, 4) is 44.5 Å². The lowest BCUT2D eigenvalue weighted by Gasteiger charge is -2.28. The van der Waals surface area contributed by atoms with Gasteiger partial charge in [0, 0.05) is 42.6 Å². The summed E-state index contributed by atoms with van der Waals surface area (Å²) in [6.07, 6.45) is 0. The molecule has 1 heterocycles. The van der Waals surface area contributed by atoms with Gasteiger partial charge in [-0.2, -0.15) is 0 Å². The minimum Gasteiger partial charge on any atom is -0.310 e. The molecule has 1 nitrogen and oxygen atoms in total. The molecule has 0 saturated heterocycles. The summed E-state index contributed by atoms with van der Waals surface area (Å²) in [6.45, 7) is 2.39. The second-order valence-corrected chi connectivity index (χ2v) is 17.7. The van der Waals surface area contributed by atoms with Gasteiger partial charge in [0.1, 0.15) is 0 Å². The number of thiophene rings is 1. The molecular weight excluding hydrogens is 767 g/mol. The van der Waals surface area contributed by atoms with Crippen LogP contribution in [0.15, 0.2) is 231 Å². The van der Waals surface area contributed by atoms with Crippen LogP contribution in [0.25, 0.3) is 75.5 Å². The normalized spacial score (nSPS) is 14.3. The van der Waals surface area contributed by atoms with Gasteiger partial charge in [0.05, 0.1) is 0 Å². The van der Waals surface area contributed by atoms with Gasteiger partial charge in [-0.15, -0.1) is 11.3 Å². The summed E-state index contributed by atoms with van der Waals surface area (Å²) in [5, 5.41) is 5.15. The molecule has 11 aromatic rings. The van der Waals surface area contributed by atoms with Crippen LogP contribution < -0.4 is 4.90 Å². The molecule has 1 aliphatic rings. The number of hydrogen-bond donors (Lipinski definition) is 0. The van der Waals surface area contributed by atoms with Crippen molar-refractivity contribution in [2.45, 2.75) is 12.3 Å². The van der Waals surface area contributed by atoms with Crippen LogP contribution in [0.4, 0.5) is 17.1 Å². The Labute approximate surface area is 366 Å². The number of benzene rings is 10. The molecule has 1 unspecified atom stereocenters. The predicted molar refractivity (Wildman–Crippen MR) is 265 cm³/mol. The van der Waals surface area contributed by atoms with E-state index in [1.54, 1.807) is 0 Å². The van der Waals surface area contributed by atoms with Crippen LogP contribution in [-0.2, 0) is 5.41 Å². The Kier molecular flexibility index (Phi) is 8.55. The minimum atomic E-state index is -0.245. The smallest absolute Gasteiger partial charge is 0.0467 e. The number of hydrogen-bond acceptors (Lipinski definition) is 2. The predicted octanol–water partition coefficient (Wildman–Crippen LogP) is 17.0. The summed E-state index contributed by atoms with van der Waals surface area (Å²) in [7, 11) is 0. The maximum Gasteiger partial charge on any atom is 0.0467 e. The van der Waals surface area contributed by atoms with Gasteiger partial charge in [-0.3, -0.25) is 0 Å². The fourth-order valence-electron chi connectivity index (χ4n) is 10.0. The van der Waals surface area contributed by atoms with E-state index in [1.807, 2.05) is 11.3 Å². The highest BCUT2D eigenvalue weighted by Crippen LogP contribution is 2.53. The average Bonchev–Trinajstić information content (AvgIpc) is 3.84. The molecule has 10 aromatic carbocycles. The highest BCUT2D eigenvalue weighted by atomic mass is 32.1. The van der Waals surface area contributed by atoms with E-state index in [-0.39, 0.29) is 5.41 Å². The molecule has 1 atom stereocenters. The Morgan fingerprint density at radius 1 is 0.339 bits per heavy atom. The quantitative estimate of drug-likeness (QED) is 0.155. The zero-order valence-corrected chi connectivity index (χ0v) is 35.1. The summed E-state index contributed by atoms with van der Waals surface area (Å²) >= 11 is 1.87. The van der Waals surface area contributed by atoms with Gasteiger partial charge in [-0.1, -0.05) is 176 Å². The second-order valence-electron chi connectivity index (χ2n) is 16.6. The van der Waals surface area contributed by atoms with Gasteiger partial charge in [-0.25, -0.2) is 0 Å². The van der Waals surface area contributed by atoms with Crippen LogP contribution >= 0.6 is 11.3 Å². The van der Waals surface area contributed by atoms with E-state index in [0.29, 0.717) is 0 Å². The molecule has 0 aliphatic heterocycles. The molecule has 62 heavy (non-hydrogen) atoms. The first-order valence-corrected chi connectivity index (χ1v) is 22.2. The van der Waals surface area contributed by atoms with Crippen LogP contribution in [0.3, 0.4) is 0 Å². The van der Waals surface area contributed by atoms with Crippen LogP contribution in [0, 0.1) is 0 Å². The summed E-state index contributed by atoms with van der Waals surface area (Å²) in [5.74, 6) is 0. The van der Waals surface area contributed by atoms with Crippen LogP contribution in [0.2, 0.25) is 0 Å². The van der Waals surface area contributed by atoms with Gasteiger partial charge in [0.15, 0.2) is 0 Å². The van der Waals surface area contributed by atoms with E-state index >= 15 is 0 Å². The Bertz CT molecular complexity index is 3470. The van der Waals surface area contributed by atoms with Crippen LogP contribution in [0.5, 0.6) is 0 Å². The molecule has 0 saturated carbocycles. The minimum absolute atomic E-state index is 0.245. The Morgan fingerprint density at radius 3 is 1.73 bits per heavy atom. The summed E-state index contributed by atoms with van der Waals surface area (Å²) in [5.41, 5.74) is 17.0. The van der Waals surface area contributed by atoms with Crippen molar-refractivity contribution in [2.24, 2.45) is 0 Å². The lowest BCUT2D eigenvalue weighted by molar-refractivity contribution is 0.714. The molecule has 1 aromatic heterocycles. The van der Waals surface area contributed by atoms with Crippen molar-refractivity contribution < 1.29 is 0 Å². The van der Waals surface area contributed by atoms with Crippen molar-refractivity contribution in [1.82, 2.24) is 0 Å². The molecule has 292 valence electrons. The van der Waals surface area contributed by atoms with E-state index in [1.165, 1.54) is 92.1 Å². The standard InChI is InChI=1S/C60H41NS/c1-60(46-16-3-2-4-17-46)56-23-9-7-20-52(56)53-35-29-43(38-57(53)60)40-25-31-47(32-26-40)61(49-18-11-15-45(37-49)51-22-12-14-42-13-5-6-19-50(42)51)48-33-27-41(28-34-48)44-30-36-55-54-21-8-10-24-58(54)62-59(55)39-44/h2-39H,1H3. The number of nitrogens with zero attached hydrogens (tertiary/aromatic N) is 1. The number of anilines is 3. The second kappa shape index (κ2) is 14.6. The molecule has 0 amide bonds. The van der Waals surface area contributed by atoms with E-state index in [0.717, 1.165) is 17.1 Å². The van der Waals surface area contributed by atoms with Gasteiger partial charge in [0.25, 0.3) is 0 Å². The first-order valence-electron chi connectivity index (χ1n) is 21.4. The van der Waals surface area contributed by atoms with Crippen LogP contribution in [-0.4, -0.2) is 0 Å². The van der Waals surface area contributed by atoms with Gasteiger partial charge < -0.3 is 4.90 Å². The molecule has 0 spiro atoms. The average molecular weight is 808 g/mol. The van der Waals surface area contributed by atoms with Crippen LogP contribution in [0.1, 0.15) is 23.6 Å². The summed E-state index contributed by atoms with van der Waals surface area (Å²) in [4.78, 5) is 2.39.